The second kappa shape index (κ2) is 8.46. The lowest BCUT2D eigenvalue weighted by molar-refractivity contribution is 0.304. The van der Waals surface area contributed by atoms with E-state index in [-0.39, 0.29) is 30.0 Å². The molecule has 1 aromatic heterocycles. The van der Waals surface area contributed by atoms with Gasteiger partial charge in [-0.15, -0.1) is 24.0 Å². The third kappa shape index (κ3) is 5.28. The summed E-state index contributed by atoms with van der Waals surface area (Å²) < 4.78 is 1.83. The van der Waals surface area contributed by atoms with Gasteiger partial charge in [-0.1, -0.05) is 0 Å². The lowest BCUT2D eigenvalue weighted by Gasteiger charge is -2.26. The van der Waals surface area contributed by atoms with E-state index in [1.807, 2.05) is 62.1 Å². The Hall–Kier alpha value is -0.830. The first-order valence-corrected chi connectivity index (χ1v) is 6.37. The Balaban J connectivity index is 0.00000361. The smallest absolute Gasteiger partial charge is 0.195 e. The molecule has 1 atom stereocenters. The minimum atomic E-state index is 0. The van der Waals surface area contributed by atoms with E-state index >= 15 is 0 Å². The molecule has 0 aliphatic carbocycles. The topological polar surface area (TPSA) is 39.9 Å². The first-order valence-electron chi connectivity index (χ1n) is 6.37. The second-order valence-electron chi connectivity index (χ2n) is 5.36. The predicted molar refractivity (Wildman–Crippen MR) is 94.7 cm³/mol. The van der Waals surface area contributed by atoms with Gasteiger partial charge >= 0.3 is 0 Å². The second-order valence-corrected chi connectivity index (χ2v) is 5.36. The Morgan fingerprint density at radius 1 is 1.20 bits per heavy atom. The summed E-state index contributed by atoms with van der Waals surface area (Å²) in [7, 11) is 14.1. The van der Waals surface area contributed by atoms with Crippen molar-refractivity contribution in [3.8, 4) is 0 Å². The van der Waals surface area contributed by atoms with Gasteiger partial charge in [0.15, 0.2) is 5.96 Å². The number of aliphatic imine (C=N–C) groups is 1. The fourth-order valence-corrected chi connectivity index (χ4v) is 2.03. The molecule has 0 saturated carbocycles. The summed E-state index contributed by atoms with van der Waals surface area (Å²) in [6, 6.07) is 0.239. The lowest BCUT2D eigenvalue weighted by Crippen LogP contribution is -2.36. The summed E-state index contributed by atoms with van der Waals surface area (Å²) in [5.74, 6) is 0.968. The average molecular weight is 394 g/mol. The van der Waals surface area contributed by atoms with Crippen molar-refractivity contribution in [1.29, 1.82) is 0 Å². The van der Waals surface area contributed by atoms with Crippen molar-refractivity contribution in [2.24, 2.45) is 12.0 Å². The molecular formula is C13H27IN6. The predicted octanol–water partition coefficient (Wildman–Crippen LogP) is 1.12. The Labute approximate surface area is 139 Å². The van der Waals surface area contributed by atoms with Crippen LogP contribution in [0.5, 0.6) is 0 Å². The lowest BCUT2D eigenvalue weighted by atomic mass is 10.1. The average Bonchev–Trinajstić information content (AvgIpc) is 2.69. The number of aryl methyl sites for hydroxylation is 1. The SMILES string of the molecule is CN(C)C(=NCC(c1cnn(C)c1)N(C)C)N(C)C.I. The zero-order chi connectivity index (χ0) is 14.6. The molecule has 0 radical (unpaired) electrons. The third-order valence-corrected chi connectivity index (χ3v) is 2.94. The van der Waals surface area contributed by atoms with Gasteiger partial charge in [-0.25, -0.2) is 0 Å². The van der Waals surface area contributed by atoms with Gasteiger partial charge in [0.25, 0.3) is 0 Å². The van der Waals surface area contributed by atoms with Gasteiger partial charge in [0, 0.05) is 47.0 Å². The van der Waals surface area contributed by atoms with Crippen molar-refractivity contribution in [3.63, 3.8) is 0 Å². The van der Waals surface area contributed by atoms with E-state index in [4.69, 9.17) is 4.99 Å². The van der Waals surface area contributed by atoms with Crippen LogP contribution in [-0.4, -0.2) is 79.3 Å². The summed E-state index contributed by atoms with van der Waals surface area (Å²) in [6.07, 6.45) is 3.95. The molecule has 0 aliphatic heterocycles. The van der Waals surface area contributed by atoms with Gasteiger partial charge in [-0.3, -0.25) is 9.67 Å². The molecule has 1 aromatic rings. The van der Waals surface area contributed by atoms with Crippen molar-refractivity contribution in [1.82, 2.24) is 24.5 Å². The highest BCUT2D eigenvalue weighted by atomic mass is 127. The molecule has 0 saturated heterocycles. The molecule has 0 fully saturated rings. The summed E-state index contributed by atoms with van der Waals surface area (Å²) in [5, 5.41) is 4.24. The molecule has 1 unspecified atom stereocenters. The first kappa shape index (κ1) is 19.2. The van der Waals surface area contributed by atoms with E-state index in [2.05, 4.69) is 24.1 Å². The van der Waals surface area contributed by atoms with Crippen LogP contribution in [0.3, 0.4) is 0 Å². The molecule has 20 heavy (non-hydrogen) atoms. The summed E-state index contributed by atoms with van der Waals surface area (Å²) in [5.41, 5.74) is 1.19. The van der Waals surface area contributed by atoms with Gasteiger partial charge in [0.1, 0.15) is 0 Å². The monoisotopic (exact) mass is 394 g/mol. The van der Waals surface area contributed by atoms with Gasteiger partial charge < -0.3 is 14.7 Å². The number of hydrogen-bond donors (Lipinski definition) is 0. The number of rotatable bonds is 4. The molecule has 0 aromatic carbocycles. The van der Waals surface area contributed by atoms with Gasteiger partial charge in [0.2, 0.25) is 0 Å². The minimum Gasteiger partial charge on any atom is -0.349 e. The van der Waals surface area contributed by atoms with Crippen LogP contribution in [0, 0.1) is 0 Å². The number of nitrogens with zero attached hydrogens (tertiary/aromatic N) is 6. The number of hydrogen-bond acceptors (Lipinski definition) is 3. The van der Waals surface area contributed by atoms with Crippen molar-refractivity contribution in [3.05, 3.63) is 18.0 Å². The minimum absolute atomic E-state index is 0. The normalized spacial score (nSPS) is 11.8. The Morgan fingerprint density at radius 2 is 1.75 bits per heavy atom. The molecule has 7 heteroatoms. The highest BCUT2D eigenvalue weighted by Gasteiger charge is 2.16. The Bertz CT molecular complexity index is 414. The molecule has 0 bridgehead atoms. The van der Waals surface area contributed by atoms with Crippen LogP contribution in [-0.2, 0) is 7.05 Å². The highest BCUT2D eigenvalue weighted by Crippen LogP contribution is 2.17. The molecule has 1 heterocycles. The van der Waals surface area contributed by atoms with E-state index in [0.717, 1.165) is 5.96 Å². The zero-order valence-corrected chi connectivity index (χ0v) is 15.9. The molecule has 1 rings (SSSR count). The van der Waals surface area contributed by atoms with Gasteiger partial charge in [0.05, 0.1) is 18.8 Å². The Morgan fingerprint density at radius 3 is 2.10 bits per heavy atom. The van der Waals surface area contributed by atoms with Crippen LogP contribution in [0.15, 0.2) is 17.4 Å². The van der Waals surface area contributed by atoms with E-state index in [1.165, 1.54) is 5.56 Å². The summed E-state index contributed by atoms with van der Waals surface area (Å²) >= 11 is 0. The standard InChI is InChI=1S/C13H26N6.HI/c1-16(2)12(11-8-15-19(7)10-11)9-14-13(17(3)4)18(5)6;/h8,10,12H,9H2,1-7H3;1H. The zero-order valence-electron chi connectivity index (χ0n) is 13.5. The summed E-state index contributed by atoms with van der Waals surface area (Å²) in [6.45, 7) is 0.713. The molecule has 0 spiro atoms. The fraction of sp³-hybridized carbons (Fsp3) is 0.692. The summed E-state index contributed by atoms with van der Waals surface area (Å²) in [4.78, 5) is 10.9. The maximum Gasteiger partial charge on any atom is 0.195 e. The van der Waals surface area contributed by atoms with Crippen LogP contribution >= 0.6 is 24.0 Å². The van der Waals surface area contributed by atoms with Crippen molar-refractivity contribution in [2.75, 3.05) is 48.8 Å². The van der Waals surface area contributed by atoms with Crippen LogP contribution < -0.4 is 0 Å². The highest BCUT2D eigenvalue weighted by molar-refractivity contribution is 14.0. The Kier molecular flexibility index (Phi) is 8.10. The largest absolute Gasteiger partial charge is 0.349 e. The van der Waals surface area contributed by atoms with Crippen LogP contribution in [0.1, 0.15) is 11.6 Å². The maximum absolute atomic E-state index is 4.72. The number of halogens is 1. The third-order valence-electron chi connectivity index (χ3n) is 2.94. The van der Waals surface area contributed by atoms with E-state index in [0.29, 0.717) is 6.54 Å². The van der Waals surface area contributed by atoms with Crippen molar-refractivity contribution < 1.29 is 0 Å². The fourth-order valence-electron chi connectivity index (χ4n) is 2.03. The molecule has 0 N–H and O–H groups in total. The van der Waals surface area contributed by atoms with Crippen LogP contribution in [0.25, 0.3) is 0 Å². The number of guanidine groups is 1. The van der Waals surface area contributed by atoms with Gasteiger partial charge in [-0.2, -0.15) is 5.10 Å². The van der Waals surface area contributed by atoms with E-state index in [9.17, 15) is 0 Å². The first-order chi connectivity index (χ1) is 8.82. The van der Waals surface area contributed by atoms with E-state index < -0.39 is 0 Å². The molecular weight excluding hydrogens is 367 g/mol. The number of aromatic nitrogens is 2. The van der Waals surface area contributed by atoms with Gasteiger partial charge in [-0.05, 0) is 14.1 Å². The van der Waals surface area contributed by atoms with Crippen molar-refractivity contribution in [2.45, 2.75) is 6.04 Å². The number of likely N-dealkylation sites (N-methyl/N-ethyl adjacent to an activating group) is 1. The quantitative estimate of drug-likeness (QED) is 0.436. The molecule has 116 valence electrons. The molecule has 6 nitrogen and oxygen atoms in total. The maximum atomic E-state index is 4.72. The van der Waals surface area contributed by atoms with Crippen LogP contribution in [0.2, 0.25) is 0 Å². The van der Waals surface area contributed by atoms with Crippen LogP contribution in [0.4, 0.5) is 0 Å². The molecule has 0 amide bonds. The van der Waals surface area contributed by atoms with E-state index in [1.54, 1.807) is 0 Å². The van der Waals surface area contributed by atoms with Crippen molar-refractivity contribution >= 4 is 29.9 Å². The molecule has 0 aliphatic rings.